The molecule has 3 nitrogen and oxygen atoms in total. The van der Waals surface area contributed by atoms with Gasteiger partial charge in [0.05, 0.1) is 17.8 Å². The molecule has 0 aliphatic carbocycles. The first kappa shape index (κ1) is 12.8. The molecule has 1 aliphatic rings. The number of aliphatic hydroxyl groups excluding tert-OH is 1. The van der Waals surface area contributed by atoms with Gasteiger partial charge in [0, 0.05) is 29.9 Å². The molecule has 0 saturated carbocycles. The molecule has 0 bridgehead atoms. The van der Waals surface area contributed by atoms with Crippen LogP contribution in [0.15, 0.2) is 30.3 Å². The van der Waals surface area contributed by atoms with Gasteiger partial charge in [0.2, 0.25) is 0 Å². The number of benzene rings is 1. The van der Waals surface area contributed by atoms with Crippen molar-refractivity contribution in [1.29, 1.82) is 0 Å². The Balaban J connectivity index is 2.09. The molecule has 4 heteroatoms. The van der Waals surface area contributed by atoms with Crippen molar-refractivity contribution in [3.8, 4) is 0 Å². The smallest absolute Gasteiger partial charge is 0.0854 e. The summed E-state index contributed by atoms with van der Waals surface area (Å²) in [7, 11) is 0. The molecule has 2 aromatic rings. The Bertz CT molecular complexity index is 565. The molecule has 1 saturated heterocycles. The zero-order chi connectivity index (χ0) is 13.1. The van der Waals surface area contributed by atoms with Gasteiger partial charge in [0.25, 0.3) is 0 Å². The second kappa shape index (κ2) is 5.80. The number of fused-ring (bicyclic) bond motifs is 1. The largest absolute Gasteiger partial charge is 0.390 e. The molecule has 1 aromatic carbocycles. The van der Waals surface area contributed by atoms with Crippen molar-refractivity contribution in [3.63, 3.8) is 0 Å². The second-order valence-electron chi connectivity index (χ2n) is 4.76. The minimum atomic E-state index is 0.000421. The monoisotopic (exact) mass is 274 g/mol. The lowest BCUT2D eigenvalue weighted by Gasteiger charge is -2.24. The third-order valence-electron chi connectivity index (χ3n) is 3.47. The number of para-hydroxylation sites is 1. The van der Waals surface area contributed by atoms with Crippen LogP contribution in [0.5, 0.6) is 0 Å². The van der Waals surface area contributed by atoms with Crippen LogP contribution in [0, 0.1) is 0 Å². The summed E-state index contributed by atoms with van der Waals surface area (Å²) in [5, 5.41) is 10.6. The summed E-state index contributed by atoms with van der Waals surface area (Å²) in [6, 6.07) is 10.2. The van der Waals surface area contributed by atoms with Crippen LogP contribution in [0.2, 0.25) is 0 Å². The van der Waals surface area contributed by atoms with Gasteiger partial charge < -0.3 is 10.0 Å². The standard InChI is InChI=1S/C15H18N2OS/c18-11-12-10-15(17-6-3-8-19-9-7-17)13-4-1-2-5-14(13)16-12/h1-2,4-5,10,18H,3,6-9,11H2. The van der Waals surface area contributed by atoms with E-state index in [1.165, 1.54) is 29.0 Å². The molecular weight excluding hydrogens is 256 g/mol. The first-order valence-electron chi connectivity index (χ1n) is 6.71. The molecule has 1 aliphatic heterocycles. The van der Waals surface area contributed by atoms with Crippen molar-refractivity contribution in [2.45, 2.75) is 13.0 Å². The minimum absolute atomic E-state index is 0.000421. The van der Waals surface area contributed by atoms with Crippen molar-refractivity contribution < 1.29 is 5.11 Å². The molecule has 1 aromatic heterocycles. The lowest BCUT2D eigenvalue weighted by atomic mass is 10.1. The van der Waals surface area contributed by atoms with E-state index >= 15 is 0 Å². The van der Waals surface area contributed by atoms with Crippen LogP contribution in [0.4, 0.5) is 5.69 Å². The van der Waals surface area contributed by atoms with Gasteiger partial charge >= 0.3 is 0 Å². The van der Waals surface area contributed by atoms with Crippen LogP contribution in [-0.2, 0) is 6.61 Å². The highest BCUT2D eigenvalue weighted by atomic mass is 32.2. The summed E-state index contributed by atoms with van der Waals surface area (Å²) < 4.78 is 0. The zero-order valence-corrected chi connectivity index (χ0v) is 11.7. The number of nitrogens with zero attached hydrogens (tertiary/aromatic N) is 2. The molecule has 100 valence electrons. The zero-order valence-electron chi connectivity index (χ0n) is 10.9. The van der Waals surface area contributed by atoms with Crippen molar-refractivity contribution in [3.05, 3.63) is 36.0 Å². The van der Waals surface area contributed by atoms with E-state index in [0.29, 0.717) is 0 Å². The van der Waals surface area contributed by atoms with Gasteiger partial charge in [-0.2, -0.15) is 11.8 Å². The molecule has 0 radical (unpaired) electrons. The number of thioether (sulfide) groups is 1. The van der Waals surface area contributed by atoms with E-state index in [-0.39, 0.29) is 6.61 Å². The van der Waals surface area contributed by atoms with Crippen LogP contribution in [-0.4, -0.2) is 34.7 Å². The maximum absolute atomic E-state index is 9.39. The summed E-state index contributed by atoms with van der Waals surface area (Å²) >= 11 is 2.02. The van der Waals surface area contributed by atoms with Crippen molar-refractivity contribution in [1.82, 2.24) is 4.98 Å². The van der Waals surface area contributed by atoms with Crippen molar-refractivity contribution >= 4 is 28.4 Å². The third kappa shape index (κ3) is 2.69. The predicted molar refractivity (Wildman–Crippen MR) is 81.8 cm³/mol. The molecule has 19 heavy (non-hydrogen) atoms. The van der Waals surface area contributed by atoms with Gasteiger partial charge in [-0.1, -0.05) is 18.2 Å². The fourth-order valence-electron chi connectivity index (χ4n) is 2.54. The van der Waals surface area contributed by atoms with E-state index in [2.05, 4.69) is 22.0 Å². The number of hydrogen-bond donors (Lipinski definition) is 1. The predicted octanol–water partition coefficient (Wildman–Crippen LogP) is 2.67. The fraction of sp³-hybridized carbons (Fsp3) is 0.400. The van der Waals surface area contributed by atoms with Crippen LogP contribution < -0.4 is 4.90 Å². The van der Waals surface area contributed by atoms with Crippen LogP contribution in [0.3, 0.4) is 0 Å². The van der Waals surface area contributed by atoms with Gasteiger partial charge in [-0.05, 0) is 24.3 Å². The van der Waals surface area contributed by atoms with E-state index in [4.69, 9.17) is 0 Å². The van der Waals surface area contributed by atoms with Crippen LogP contribution >= 0.6 is 11.8 Å². The van der Waals surface area contributed by atoms with Crippen LogP contribution in [0.1, 0.15) is 12.1 Å². The maximum Gasteiger partial charge on any atom is 0.0854 e. The molecule has 0 unspecified atom stereocenters. The number of aliphatic hydroxyl groups is 1. The summed E-state index contributed by atoms with van der Waals surface area (Å²) in [5.41, 5.74) is 2.95. The summed E-state index contributed by atoms with van der Waals surface area (Å²) in [4.78, 5) is 6.92. The molecule has 1 fully saturated rings. The van der Waals surface area contributed by atoms with Gasteiger partial charge in [-0.25, -0.2) is 0 Å². The van der Waals surface area contributed by atoms with E-state index in [1.807, 2.05) is 30.0 Å². The average Bonchev–Trinajstić information content (AvgIpc) is 2.75. The molecule has 2 heterocycles. The Morgan fingerprint density at radius 2 is 2.11 bits per heavy atom. The van der Waals surface area contributed by atoms with E-state index in [9.17, 15) is 5.11 Å². The quantitative estimate of drug-likeness (QED) is 0.913. The first-order valence-corrected chi connectivity index (χ1v) is 7.86. The first-order chi connectivity index (χ1) is 9.38. The Hall–Kier alpha value is -1.26. The number of rotatable bonds is 2. The highest BCUT2D eigenvalue weighted by Gasteiger charge is 2.14. The molecule has 0 spiro atoms. The summed E-state index contributed by atoms with van der Waals surface area (Å²) in [6.07, 6.45) is 1.22. The molecule has 3 rings (SSSR count). The Kier molecular flexibility index (Phi) is 3.89. The van der Waals surface area contributed by atoms with E-state index in [0.717, 1.165) is 24.3 Å². The topological polar surface area (TPSA) is 36.4 Å². The van der Waals surface area contributed by atoms with Crippen LogP contribution in [0.25, 0.3) is 10.9 Å². The van der Waals surface area contributed by atoms with Gasteiger partial charge in [0.15, 0.2) is 0 Å². The number of aromatic nitrogens is 1. The minimum Gasteiger partial charge on any atom is -0.390 e. The van der Waals surface area contributed by atoms with E-state index in [1.54, 1.807) is 0 Å². The normalized spacial score (nSPS) is 16.6. The van der Waals surface area contributed by atoms with Gasteiger partial charge in [-0.3, -0.25) is 4.98 Å². The molecule has 0 amide bonds. The van der Waals surface area contributed by atoms with Gasteiger partial charge in [0.1, 0.15) is 0 Å². The average molecular weight is 274 g/mol. The number of hydrogen-bond acceptors (Lipinski definition) is 4. The Morgan fingerprint density at radius 1 is 1.21 bits per heavy atom. The summed E-state index contributed by atoms with van der Waals surface area (Å²) in [6.45, 7) is 2.16. The fourth-order valence-corrected chi connectivity index (χ4v) is 3.43. The Labute approximate surface area is 117 Å². The number of pyridine rings is 1. The lowest BCUT2D eigenvalue weighted by Crippen LogP contribution is -2.26. The SMILES string of the molecule is OCc1cc(N2CCCSCC2)c2ccccc2n1. The highest BCUT2D eigenvalue weighted by molar-refractivity contribution is 7.99. The van der Waals surface area contributed by atoms with Gasteiger partial charge in [-0.15, -0.1) is 0 Å². The molecule has 1 N–H and O–H groups in total. The Morgan fingerprint density at radius 3 is 3.00 bits per heavy atom. The third-order valence-corrected chi connectivity index (χ3v) is 4.52. The van der Waals surface area contributed by atoms with Crippen molar-refractivity contribution in [2.75, 3.05) is 29.5 Å². The van der Waals surface area contributed by atoms with Crippen molar-refractivity contribution in [2.24, 2.45) is 0 Å². The van der Waals surface area contributed by atoms with E-state index < -0.39 is 0 Å². The second-order valence-corrected chi connectivity index (χ2v) is 5.99. The summed E-state index contributed by atoms with van der Waals surface area (Å²) in [5.74, 6) is 2.41. The highest BCUT2D eigenvalue weighted by Crippen LogP contribution is 2.28. The lowest BCUT2D eigenvalue weighted by molar-refractivity contribution is 0.277. The number of anilines is 1. The molecular formula is C15H18N2OS. The maximum atomic E-state index is 9.39. The molecule has 0 atom stereocenters.